The first-order valence-corrected chi connectivity index (χ1v) is 8.03. The molecule has 20 heavy (non-hydrogen) atoms. The Bertz CT molecular complexity index is 260. The van der Waals surface area contributed by atoms with Crippen LogP contribution in [0.1, 0.15) is 86.8 Å². The van der Waals surface area contributed by atoms with Crippen LogP contribution in [0, 0.1) is 5.41 Å². The summed E-state index contributed by atoms with van der Waals surface area (Å²) in [6, 6.07) is 8.80. The molecule has 0 aliphatic heterocycles. The van der Waals surface area contributed by atoms with Gasteiger partial charge in [0.1, 0.15) is 0 Å². The highest BCUT2D eigenvalue weighted by atomic mass is 14.1. The number of fused-ring (bicyclic) bond motifs is 1. The zero-order valence-electron chi connectivity index (χ0n) is 14.6. The van der Waals surface area contributed by atoms with Gasteiger partial charge in [0.05, 0.1) is 0 Å². The lowest BCUT2D eigenvalue weighted by molar-refractivity contribution is 0.469. The minimum absolute atomic E-state index is 0. The predicted octanol–water partition coefficient (Wildman–Crippen LogP) is 7.31. The Morgan fingerprint density at radius 2 is 0.950 bits per heavy atom. The molecular weight excluding hydrogens is 240 g/mol. The second kappa shape index (κ2) is 14.6. The van der Waals surface area contributed by atoms with Gasteiger partial charge in [-0.25, -0.2) is 0 Å². The summed E-state index contributed by atoms with van der Waals surface area (Å²) in [4.78, 5) is 0. The predicted molar refractivity (Wildman–Crippen MR) is 97.6 cm³/mol. The molecule has 1 aliphatic rings. The first-order valence-electron chi connectivity index (χ1n) is 8.03. The fourth-order valence-electron chi connectivity index (χ4n) is 1.68. The van der Waals surface area contributed by atoms with Gasteiger partial charge in [-0.3, -0.25) is 0 Å². The Kier molecular flexibility index (Phi) is 17.7. The maximum Gasteiger partial charge on any atom is -0.0276 e. The van der Waals surface area contributed by atoms with Crippen molar-refractivity contribution in [1.82, 2.24) is 0 Å². The van der Waals surface area contributed by atoms with Gasteiger partial charge in [0, 0.05) is 0 Å². The third kappa shape index (κ3) is 15.3. The van der Waals surface area contributed by atoms with Crippen molar-refractivity contribution in [2.24, 2.45) is 5.41 Å². The van der Waals surface area contributed by atoms with E-state index in [4.69, 9.17) is 0 Å². The van der Waals surface area contributed by atoms with Crippen molar-refractivity contribution in [3.8, 4) is 0 Å². The molecule has 0 saturated carbocycles. The van der Waals surface area contributed by atoms with Gasteiger partial charge in [0.25, 0.3) is 0 Å². The summed E-state index contributed by atoms with van der Waals surface area (Å²) < 4.78 is 0. The molecule has 0 N–H and O–H groups in total. The van der Waals surface area contributed by atoms with Crippen LogP contribution in [0.3, 0.4) is 0 Å². The molecule has 2 rings (SSSR count). The van der Waals surface area contributed by atoms with Crippen LogP contribution in [0.2, 0.25) is 0 Å². The molecule has 0 atom stereocenters. The molecule has 0 amide bonds. The Morgan fingerprint density at radius 1 is 0.700 bits per heavy atom. The van der Waals surface area contributed by atoms with Crippen molar-refractivity contribution >= 4 is 0 Å². The molecule has 0 nitrogen and oxygen atoms in total. The molecule has 0 unspecified atom stereocenters. The van der Waals surface area contributed by atoms with E-state index in [1.807, 2.05) is 27.7 Å². The highest BCUT2D eigenvalue weighted by Crippen LogP contribution is 2.19. The fraction of sp³-hybridized carbons (Fsp3) is 0.700. The Labute approximate surface area is 130 Å². The topological polar surface area (TPSA) is 0 Å². The molecule has 0 radical (unpaired) electrons. The third-order valence-corrected chi connectivity index (χ3v) is 2.26. The van der Waals surface area contributed by atoms with Crippen molar-refractivity contribution in [2.45, 2.75) is 88.5 Å². The van der Waals surface area contributed by atoms with Crippen LogP contribution in [-0.2, 0) is 12.8 Å². The Balaban J connectivity index is -0.000000251. The third-order valence-electron chi connectivity index (χ3n) is 2.26. The normalized spacial score (nSPS) is 11.8. The molecular formula is C20H40. The summed E-state index contributed by atoms with van der Waals surface area (Å²) in [6.45, 7) is 16.8. The average molecular weight is 281 g/mol. The van der Waals surface area contributed by atoms with Gasteiger partial charge < -0.3 is 0 Å². The molecule has 0 saturated heterocycles. The molecule has 0 bridgehead atoms. The summed E-state index contributed by atoms with van der Waals surface area (Å²) in [5.41, 5.74) is 3.66. The highest BCUT2D eigenvalue weighted by molar-refractivity contribution is 5.28. The van der Waals surface area contributed by atoms with Gasteiger partial charge in [-0.2, -0.15) is 0 Å². The number of benzene rings is 1. The van der Waals surface area contributed by atoms with Crippen LogP contribution in [0.15, 0.2) is 24.3 Å². The average Bonchev–Trinajstić information content (AvgIpc) is 2.42. The van der Waals surface area contributed by atoms with E-state index in [0.717, 1.165) is 0 Å². The van der Waals surface area contributed by atoms with Crippen LogP contribution in [0.4, 0.5) is 0 Å². The Hall–Kier alpha value is -0.780. The molecule has 0 heteroatoms. The van der Waals surface area contributed by atoms with E-state index < -0.39 is 0 Å². The van der Waals surface area contributed by atoms with Crippen molar-refractivity contribution < 1.29 is 0 Å². The molecule has 0 fully saturated rings. The van der Waals surface area contributed by atoms with Crippen molar-refractivity contribution in [3.63, 3.8) is 0 Å². The maximum absolute atomic E-state index is 2.26. The van der Waals surface area contributed by atoms with Gasteiger partial charge in [-0.15, -0.1) is 0 Å². The summed E-state index contributed by atoms with van der Waals surface area (Å²) in [5.74, 6) is 0. The minimum Gasteiger partial charge on any atom is -0.0776 e. The summed E-state index contributed by atoms with van der Waals surface area (Å²) in [6.07, 6.45) is 5.38. The van der Waals surface area contributed by atoms with E-state index in [-0.39, 0.29) is 7.43 Å². The van der Waals surface area contributed by atoms with Crippen LogP contribution < -0.4 is 0 Å². The van der Waals surface area contributed by atoms with Gasteiger partial charge in [0.2, 0.25) is 0 Å². The van der Waals surface area contributed by atoms with Crippen LogP contribution in [0.25, 0.3) is 0 Å². The quantitative estimate of drug-likeness (QED) is 0.467. The van der Waals surface area contributed by atoms with E-state index in [1.165, 1.54) is 25.7 Å². The van der Waals surface area contributed by atoms with Crippen LogP contribution in [0.5, 0.6) is 0 Å². The molecule has 0 aromatic heterocycles. The second-order valence-corrected chi connectivity index (χ2v) is 5.98. The highest BCUT2D eigenvalue weighted by Gasteiger charge is 2.05. The maximum atomic E-state index is 2.26. The first-order chi connectivity index (χ1) is 8.97. The molecule has 1 aliphatic carbocycles. The summed E-state index contributed by atoms with van der Waals surface area (Å²) in [5, 5.41) is 0. The monoisotopic (exact) mass is 280 g/mol. The lowest BCUT2D eigenvalue weighted by Crippen LogP contribution is -2.00. The van der Waals surface area contributed by atoms with E-state index in [0.29, 0.717) is 5.41 Å². The smallest absolute Gasteiger partial charge is 0.0276 e. The molecule has 1 aromatic rings. The number of aryl methyl sites for hydroxylation is 2. The molecule has 0 heterocycles. The zero-order valence-corrected chi connectivity index (χ0v) is 14.6. The fourth-order valence-corrected chi connectivity index (χ4v) is 1.68. The van der Waals surface area contributed by atoms with Gasteiger partial charge in [0.15, 0.2) is 0 Å². The number of hydrogen-bond donors (Lipinski definition) is 0. The van der Waals surface area contributed by atoms with E-state index in [9.17, 15) is 0 Å². The van der Waals surface area contributed by atoms with Crippen molar-refractivity contribution in [2.75, 3.05) is 0 Å². The number of rotatable bonds is 0. The van der Waals surface area contributed by atoms with Gasteiger partial charge in [-0.1, -0.05) is 87.1 Å². The molecule has 1 aromatic carbocycles. The largest absolute Gasteiger partial charge is 0.0776 e. The van der Waals surface area contributed by atoms with Gasteiger partial charge >= 0.3 is 0 Å². The standard InChI is InChI=1S/C10H12.C5H12.2C2H6.CH4/c1-2-6-10-8-4-3-7-9(10)5-1;1-5(2,3)4;2*1-2;/h1-2,5-6H,3-4,7-8H2;1-4H3;2*1-2H3;1H4. The van der Waals surface area contributed by atoms with E-state index in [2.05, 4.69) is 52.0 Å². The van der Waals surface area contributed by atoms with Crippen molar-refractivity contribution in [1.29, 1.82) is 0 Å². The van der Waals surface area contributed by atoms with Crippen LogP contribution in [-0.4, -0.2) is 0 Å². The molecule has 0 spiro atoms. The zero-order chi connectivity index (χ0) is 15.3. The summed E-state index contributed by atoms with van der Waals surface area (Å²) >= 11 is 0. The van der Waals surface area contributed by atoms with E-state index in [1.54, 1.807) is 11.1 Å². The minimum atomic E-state index is 0. The summed E-state index contributed by atoms with van der Waals surface area (Å²) in [7, 11) is 0. The Morgan fingerprint density at radius 3 is 1.20 bits per heavy atom. The van der Waals surface area contributed by atoms with Crippen molar-refractivity contribution in [3.05, 3.63) is 35.4 Å². The molecule has 120 valence electrons. The lowest BCUT2D eigenvalue weighted by Gasteiger charge is -2.13. The number of hydrogen-bond acceptors (Lipinski definition) is 0. The lowest BCUT2D eigenvalue weighted by atomic mass is 9.92. The van der Waals surface area contributed by atoms with Crippen LogP contribution >= 0.6 is 0 Å². The SMILES string of the molecule is C.CC.CC.CC(C)(C)C.c1ccc2c(c1)CCCC2. The first kappa shape index (κ1) is 24.3. The van der Waals surface area contributed by atoms with E-state index >= 15 is 0 Å². The second-order valence-electron chi connectivity index (χ2n) is 5.98. The van der Waals surface area contributed by atoms with Gasteiger partial charge in [-0.05, 0) is 42.2 Å².